The first-order valence-corrected chi connectivity index (χ1v) is 8.15. The average molecular weight is 273 g/mol. The smallest absolute Gasteiger partial charge is 0.142 e. The molecule has 20 heavy (non-hydrogen) atoms. The summed E-state index contributed by atoms with van der Waals surface area (Å²) in [6.45, 7) is 6.69. The number of hydrogen-bond donors (Lipinski definition) is 1. The molecular weight excluding hydrogens is 246 g/mol. The summed E-state index contributed by atoms with van der Waals surface area (Å²) in [5.74, 6) is 1.95. The van der Waals surface area contributed by atoms with Crippen molar-refractivity contribution in [3.63, 3.8) is 0 Å². The number of nitrogens with one attached hydrogen (secondary N) is 1. The van der Waals surface area contributed by atoms with Crippen LogP contribution in [-0.4, -0.2) is 13.2 Å². The lowest BCUT2D eigenvalue weighted by Gasteiger charge is -2.36. The molecule has 1 N–H and O–H groups in total. The van der Waals surface area contributed by atoms with Gasteiger partial charge in [-0.15, -0.1) is 0 Å². The summed E-state index contributed by atoms with van der Waals surface area (Å²) in [4.78, 5) is 0. The highest BCUT2D eigenvalue weighted by Crippen LogP contribution is 2.40. The molecule has 1 aliphatic carbocycles. The Balaban J connectivity index is 1.66. The zero-order chi connectivity index (χ0) is 14.0. The van der Waals surface area contributed by atoms with Gasteiger partial charge in [0, 0.05) is 12.0 Å². The van der Waals surface area contributed by atoms with Crippen LogP contribution in [0.25, 0.3) is 0 Å². The maximum absolute atomic E-state index is 6.22. The van der Waals surface area contributed by atoms with Gasteiger partial charge in [0.25, 0.3) is 0 Å². The molecule has 0 unspecified atom stereocenters. The third-order valence-electron chi connectivity index (χ3n) is 5.09. The Hall–Kier alpha value is -1.18. The van der Waals surface area contributed by atoms with Crippen LogP contribution in [0.4, 0.5) is 5.69 Å². The van der Waals surface area contributed by atoms with Gasteiger partial charge < -0.3 is 10.1 Å². The van der Waals surface area contributed by atoms with Crippen molar-refractivity contribution in [2.24, 2.45) is 11.3 Å². The van der Waals surface area contributed by atoms with Crippen LogP contribution in [0.15, 0.2) is 18.2 Å². The topological polar surface area (TPSA) is 21.3 Å². The van der Waals surface area contributed by atoms with Crippen molar-refractivity contribution >= 4 is 5.69 Å². The van der Waals surface area contributed by atoms with Gasteiger partial charge in [-0.25, -0.2) is 0 Å². The Morgan fingerprint density at radius 2 is 2.10 bits per heavy atom. The second kappa shape index (κ2) is 5.67. The molecule has 2 heteroatoms. The van der Waals surface area contributed by atoms with Crippen LogP contribution in [0.1, 0.15) is 51.5 Å². The second-order valence-corrected chi connectivity index (χ2v) is 7.10. The molecule has 1 fully saturated rings. The molecule has 0 amide bonds. The maximum Gasteiger partial charge on any atom is 0.142 e. The van der Waals surface area contributed by atoms with Crippen molar-refractivity contribution in [2.75, 3.05) is 18.5 Å². The van der Waals surface area contributed by atoms with Crippen LogP contribution in [0.3, 0.4) is 0 Å². The lowest BCUT2D eigenvalue weighted by atomic mass is 9.73. The number of fused-ring (bicyclic) bond motifs is 1. The number of rotatable bonds is 3. The minimum Gasteiger partial charge on any atom is -0.491 e. The summed E-state index contributed by atoms with van der Waals surface area (Å²) in [6.07, 6.45) is 7.71. The van der Waals surface area contributed by atoms with E-state index in [0.717, 1.165) is 24.8 Å². The van der Waals surface area contributed by atoms with Gasteiger partial charge in [0.2, 0.25) is 0 Å². The molecule has 1 aromatic rings. The molecule has 1 saturated carbocycles. The Bertz CT molecular complexity index is 460. The highest BCUT2D eigenvalue weighted by molar-refractivity contribution is 5.63. The minimum absolute atomic E-state index is 0.365. The molecule has 0 saturated heterocycles. The Kier molecular flexibility index (Phi) is 3.91. The molecule has 1 heterocycles. The van der Waals surface area contributed by atoms with Gasteiger partial charge in [-0.05, 0) is 43.2 Å². The van der Waals surface area contributed by atoms with E-state index in [9.17, 15) is 0 Å². The van der Waals surface area contributed by atoms with Crippen molar-refractivity contribution in [2.45, 2.75) is 52.4 Å². The molecule has 3 rings (SSSR count). The van der Waals surface area contributed by atoms with E-state index in [2.05, 4.69) is 37.4 Å². The molecular formula is C18H27NO. The fourth-order valence-corrected chi connectivity index (χ4v) is 3.45. The lowest BCUT2D eigenvalue weighted by molar-refractivity contribution is 0.0985. The van der Waals surface area contributed by atoms with E-state index in [1.165, 1.54) is 49.8 Å². The zero-order valence-electron chi connectivity index (χ0n) is 12.9. The number of anilines is 1. The van der Waals surface area contributed by atoms with E-state index in [-0.39, 0.29) is 0 Å². The molecule has 0 atom stereocenters. The number of para-hydroxylation sites is 1. The second-order valence-electron chi connectivity index (χ2n) is 7.10. The van der Waals surface area contributed by atoms with Crippen LogP contribution in [0.5, 0.6) is 5.75 Å². The molecule has 0 spiro atoms. The van der Waals surface area contributed by atoms with E-state index in [1.54, 1.807) is 0 Å². The SMILES string of the molecule is CC1CCC(C)(COc2cccc3c2NCCC3)CC1. The van der Waals surface area contributed by atoms with Gasteiger partial charge in [0.15, 0.2) is 0 Å². The predicted molar refractivity (Wildman–Crippen MR) is 84.5 cm³/mol. The molecule has 0 aromatic heterocycles. The zero-order valence-corrected chi connectivity index (χ0v) is 12.9. The first kappa shape index (κ1) is 13.8. The average Bonchev–Trinajstić information content (AvgIpc) is 2.49. The predicted octanol–water partition coefficient (Wildman–Crippen LogP) is 4.64. The summed E-state index contributed by atoms with van der Waals surface area (Å²) in [7, 11) is 0. The van der Waals surface area contributed by atoms with Crippen LogP contribution in [-0.2, 0) is 6.42 Å². The number of benzene rings is 1. The summed E-state index contributed by atoms with van der Waals surface area (Å²) in [5.41, 5.74) is 3.02. The van der Waals surface area contributed by atoms with Crippen molar-refractivity contribution in [1.29, 1.82) is 0 Å². The van der Waals surface area contributed by atoms with E-state index < -0.39 is 0 Å². The first-order chi connectivity index (χ1) is 9.66. The standard InChI is InChI=1S/C18H27NO/c1-14-8-10-18(2,11-9-14)13-20-16-7-3-5-15-6-4-12-19-17(15)16/h3,5,7,14,19H,4,6,8-13H2,1-2H3. The van der Waals surface area contributed by atoms with Gasteiger partial charge >= 0.3 is 0 Å². The van der Waals surface area contributed by atoms with Gasteiger partial charge in [-0.3, -0.25) is 0 Å². The Morgan fingerprint density at radius 3 is 2.90 bits per heavy atom. The van der Waals surface area contributed by atoms with Gasteiger partial charge in [-0.1, -0.05) is 38.8 Å². The normalized spacial score (nSPS) is 29.4. The molecule has 0 radical (unpaired) electrons. The van der Waals surface area contributed by atoms with Crippen LogP contribution in [0, 0.1) is 11.3 Å². The molecule has 2 aliphatic rings. The summed E-state index contributed by atoms with van der Waals surface area (Å²) < 4.78 is 6.22. The Morgan fingerprint density at radius 1 is 1.30 bits per heavy atom. The number of ether oxygens (including phenoxy) is 1. The molecule has 0 bridgehead atoms. The van der Waals surface area contributed by atoms with Gasteiger partial charge in [0.05, 0.1) is 12.3 Å². The van der Waals surface area contributed by atoms with Crippen molar-refractivity contribution < 1.29 is 4.74 Å². The third-order valence-corrected chi connectivity index (χ3v) is 5.09. The Labute approximate surface area is 122 Å². The summed E-state index contributed by atoms with van der Waals surface area (Å²) in [6, 6.07) is 6.47. The van der Waals surface area contributed by atoms with Crippen molar-refractivity contribution in [1.82, 2.24) is 0 Å². The quantitative estimate of drug-likeness (QED) is 0.866. The minimum atomic E-state index is 0.365. The van der Waals surface area contributed by atoms with Gasteiger partial charge in [0.1, 0.15) is 5.75 Å². The third kappa shape index (κ3) is 2.94. The first-order valence-electron chi connectivity index (χ1n) is 8.15. The number of aryl methyl sites for hydroxylation is 1. The summed E-state index contributed by atoms with van der Waals surface area (Å²) >= 11 is 0. The lowest BCUT2D eigenvalue weighted by Crippen LogP contribution is -2.30. The number of hydrogen-bond acceptors (Lipinski definition) is 2. The van der Waals surface area contributed by atoms with E-state index in [0.29, 0.717) is 5.41 Å². The monoisotopic (exact) mass is 273 g/mol. The fourth-order valence-electron chi connectivity index (χ4n) is 3.45. The highest BCUT2D eigenvalue weighted by Gasteiger charge is 2.30. The van der Waals surface area contributed by atoms with Crippen LogP contribution in [0.2, 0.25) is 0 Å². The van der Waals surface area contributed by atoms with Crippen LogP contribution >= 0.6 is 0 Å². The van der Waals surface area contributed by atoms with Crippen molar-refractivity contribution in [3.8, 4) is 5.75 Å². The van der Waals surface area contributed by atoms with Gasteiger partial charge in [-0.2, -0.15) is 0 Å². The molecule has 1 aromatic carbocycles. The molecule has 1 aliphatic heterocycles. The molecule has 2 nitrogen and oxygen atoms in total. The largest absolute Gasteiger partial charge is 0.491 e. The molecule has 110 valence electrons. The van der Waals surface area contributed by atoms with E-state index >= 15 is 0 Å². The van der Waals surface area contributed by atoms with Crippen LogP contribution < -0.4 is 10.1 Å². The maximum atomic E-state index is 6.22. The van der Waals surface area contributed by atoms with E-state index in [4.69, 9.17) is 4.74 Å². The summed E-state index contributed by atoms with van der Waals surface area (Å²) in [5, 5.41) is 3.51. The van der Waals surface area contributed by atoms with E-state index in [1.807, 2.05) is 0 Å². The van der Waals surface area contributed by atoms with Crippen molar-refractivity contribution in [3.05, 3.63) is 23.8 Å². The highest BCUT2D eigenvalue weighted by atomic mass is 16.5. The fraction of sp³-hybridized carbons (Fsp3) is 0.667.